The predicted octanol–water partition coefficient (Wildman–Crippen LogP) is 5.71. The molecule has 2 atom stereocenters. The van der Waals surface area contributed by atoms with Gasteiger partial charge in [0.15, 0.2) is 12.5 Å². The van der Waals surface area contributed by atoms with E-state index in [4.69, 9.17) is 9.47 Å². The second-order valence-corrected chi connectivity index (χ2v) is 12.8. The smallest absolute Gasteiger partial charge is 0.311 e. The molecule has 0 radical (unpaired) electrons. The molecule has 0 aliphatic heterocycles. The first-order valence-corrected chi connectivity index (χ1v) is 16.8. The van der Waals surface area contributed by atoms with E-state index in [0.29, 0.717) is 30.0 Å². The molecule has 6 rings (SSSR count). The molecule has 2 aliphatic rings. The normalized spacial score (nSPS) is 21.1. The van der Waals surface area contributed by atoms with Gasteiger partial charge < -0.3 is 19.9 Å². The average molecular weight is 684 g/mol. The maximum Gasteiger partial charge on any atom is 0.311 e. The van der Waals surface area contributed by atoms with Gasteiger partial charge in [0.25, 0.3) is 5.91 Å². The van der Waals surface area contributed by atoms with E-state index in [1.54, 1.807) is 22.5 Å². The Balaban J connectivity index is 1.14. The fourth-order valence-electron chi connectivity index (χ4n) is 6.33. The van der Waals surface area contributed by atoms with Gasteiger partial charge >= 0.3 is 11.9 Å². The molecule has 2 N–H and O–H groups in total. The highest BCUT2D eigenvalue weighted by molar-refractivity contribution is 7.13. The van der Waals surface area contributed by atoms with Gasteiger partial charge in [0.1, 0.15) is 22.1 Å². The first-order valence-electron chi connectivity index (χ1n) is 15.9. The van der Waals surface area contributed by atoms with Crippen molar-refractivity contribution in [2.75, 3.05) is 11.9 Å². The lowest BCUT2D eigenvalue weighted by atomic mass is 9.79. The van der Waals surface area contributed by atoms with Crippen LogP contribution in [0.2, 0.25) is 0 Å². The molecule has 2 aliphatic carbocycles. The van der Waals surface area contributed by atoms with Crippen molar-refractivity contribution in [3.63, 3.8) is 0 Å². The number of halogens is 2. The van der Waals surface area contributed by atoms with Gasteiger partial charge in [-0.2, -0.15) is 14.6 Å². The third kappa shape index (κ3) is 7.44. The third-order valence-electron chi connectivity index (χ3n) is 8.78. The van der Waals surface area contributed by atoms with Gasteiger partial charge in [-0.1, -0.05) is 12.8 Å². The number of esters is 1. The SMILES string of the molecule is CCO[C@H]1CC[C@H](n2cc(NC(=O)c3csc(-c4cnn(COC(=O)[C@@H]5CCCC[C@@H]5C(=O)O)c4)n3)c(-c3nc(F)ccc3F)n2)CC1. The van der Waals surface area contributed by atoms with Crippen molar-refractivity contribution in [3.05, 3.63) is 53.6 Å². The number of anilines is 1. The van der Waals surface area contributed by atoms with Crippen molar-refractivity contribution in [1.29, 1.82) is 0 Å². The van der Waals surface area contributed by atoms with Crippen LogP contribution in [0.3, 0.4) is 0 Å². The molecule has 1 amide bonds. The fourth-order valence-corrected chi connectivity index (χ4v) is 7.10. The van der Waals surface area contributed by atoms with Crippen LogP contribution < -0.4 is 5.32 Å². The van der Waals surface area contributed by atoms with Crippen molar-refractivity contribution < 1.29 is 37.7 Å². The molecule has 4 aromatic rings. The van der Waals surface area contributed by atoms with E-state index in [1.807, 2.05) is 6.92 Å². The van der Waals surface area contributed by atoms with Gasteiger partial charge in [-0.15, -0.1) is 11.3 Å². The van der Waals surface area contributed by atoms with Crippen LogP contribution in [0.25, 0.3) is 22.0 Å². The number of aromatic nitrogens is 6. The predicted molar refractivity (Wildman–Crippen MR) is 169 cm³/mol. The lowest BCUT2D eigenvalue weighted by Crippen LogP contribution is -2.34. The Hall–Kier alpha value is -4.57. The summed E-state index contributed by atoms with van der Waals surface area (Å²) in [5, 5.41) is 23.0. The Bertz CT molecular complexity index is 1780. The number of ether oxygens (including phenoxy) is 2. The van der Waals surface area contributed by atoms with E-state index in [9.17, 15) is 28.3 Å². The van der Waals surface area contributed by atoms with E-state index in [2.05, 4.69) is 25.5 Å². The molecule has 48 heavy (non-hydrogen) atoms. The van der Waals surface area contributed by atoms with Crippen LogP contribution in [0.15, 0.2) is 36.1 Å². The number of thiazole rings is 1. The highest BCUT2D eigenvalue weighted by Crippen LogP contribution is 2.35. The Morgan fingerprint density at radius 1 is 1.02 bits per heavy atom. The van der Waals surface area contributed by atoms with Gasteiger partial charge in [-0.05, 0) is 57.6 Å². The van der Waals surface area contributed by atoms with Crippen molar-refractivity contribution in [2.45, 2.75) is 77.2 Å². The molecule has 0 spiro atoms. The highest BCUT2D eigenvalue weighted by atomic mass is 32.1. The lowest BCUT2D eigenvalue weighted by molar-refractivity contribution is -0.162. The van der Waals surface area contributed by atoms with Crippen LogP contribution in [0.5, 0.6) is 0 Å². The number of carbonyl (C=O) groups is 3. The zero-order valence-corrected chi connectivity index (χ0v) is 27.0. The van der Waals surface area contributed by atoms with Crippen LogP contribution in [-0.4, -0.2) is 65.2 Å². The molecule has 13 nitrogen and oxygen atoms in total. The number of nitrogens with zero attached hydrogens (tertiary/aromatic N) is 6. The molecule has 4 heterocycles. The summed E-state index contributed by atoms with van der Waals surface area (Å²) in [4.78, 5) is 45.7. The number of carbonyl (C=O) groups excluding carboxylic acids is 2. The van der Waals surface area contributed by atoms with Crippen LogP contribution in [-0.2, 0) is 25.8 Å². The zero-order valence-electron chi connectivity index (χ0n) is 26.2. The Morgan fingerprint density at radius 3 is 2.54 bits per heavy atom. The molecular formula is C32H35F2N7O6S. The summed E-state index contributed by atoms with van der Waals surface area (Å²) in [6.45, 7) is 2.39. The molecule has 2 fully saturated rings. The van der Waals surface area contributed by atoms with E-state index >= 15 is 0 Å². The van der Waals surface area contributed by atoms with Gasteiger partial charge in [0.2, 0.25) is 5.95 Å². The van der Waals surface area contributed by atoms with E-state index in [0.717, 1.165) is 50.7 Å². The Morgan fingerprint density at radius 2 is 1.79 bits per heavy atom. The third-order valence-corrected chi connectivity index (χ3v) is 9.67. The summed E-state index contributed by atoms with van der Waals surface area (Å²) in [5.74, 6) is -5.26. The monoisotopic (exact) mass is 683 g/mol. The van der Waals surface area contributed by atoms with Crippen molar-refractivity contribution in [2.24, 2.45) is 11.8 Å². The first-order chi connectivity index (χ1) is 23.2. The summed E-state index contributed by atoms with van der Waals surface area (Å²) in [6, 6.07) is 1.86. The molecule has 0 bridgehead atoms. The highest BCUT2D eigenvalue weighted by Gasteiger charge is 2.37. The maximum absolute atomic E-state index is 14.8. The first kappa shape index (κ1) is 33.3. The number of aliphatic carboxylic acids is 1. The number of rotatable bonds is 11. The van der Waals surface area contributed by atoms with Crippen LogP contribution >= 0.6 is 11.3 Å². The largest absolute Gasteiger partial charge is 0.481 e. The van der Waals surface area contributed by atoms with Crippen molar-refractivity contribution in [1.82, 2.24) is 29.5 Å². The van der Waals surface area contributed by atoms with Crippen LogP contribution in [0.1, 0.15) is 74.8 Å². The summed E-state index contributed by atoms with van der Waals surface area (Å²) in [5.41, 5.74) is 0.493. The second kappa shape index (κ2) is 14.7. The van der Waals surface area contributed by atoms with Gasteiger partial charge in [-0.3, -0.25) is 19.1 Å². The zero-order chi connectivity index (χ0) is 33.8. The van der Waals surface area contributed by atoms with Crippen molar-refractivity contribution in [3.8, 4) is 22.0 Å². The van der Waals surface area contributed by atoms with Gasteiger partial charge in [0.05, 0.1) is 35.9 Å². The summed E-state index contributed by atoms with van der Waals surface area (Å²) >= 11 is 1.19. The lowest BCUT2D eigenvalue weighted by Gasteiger charge is -2.28. The molecular weight excluding hydrogens is 648 g/mol. The standard InChI is InChI=1S/C32H35F2N7O6S/c1-2-46-20-9-7-19(8-10-20)41-15-24(28(39-41)27-23(33)11-12-26(34)38-27)36-29(42)25-16-48-30(37-25)18-13-35-40(14-18)17-47-32(45)22-6-4-3-5-21(22)31(43)44/h11-16,19-22H,2-10,17H2,1H3,(H,36,42)(H,43,44)/t19-,20-,21-,22+/m0/s1. The number of pyridine rings is 1. The summed E-state index contributed by atoms with van der Waals surface area (Å²) < 4.78 is 43.1. The topological polar surface area (TPSA) is 163 Å². The fraction of sp³-hybridized carbons (Fsp3) is 0.469. The molecule has 4 aromatic heterocycles. The maximum atomic E-state index is 14.8. The number of amides is 1. The molecule has 0 unspecified atom stereocenters. The average Bonchev–Trinajstić information content (AvgIpc) is 3.86. The van der Waals surface area contributed by atoms with E-state index in [1.165, 1.54) is 22.2 Å². The van der Waals surface area contributed by atoms with E-state index in [-0.39, 0.29) is 41.6 Å². The minimum atomic E-state index is -0.996. The summed E-state index contributed by atoms with van der Waals surface area (Å²) in [6.07, 6.45) is 10.5. The van der Waals surface area contributed by atoms with Crippen LogP contribution in [0.4, 0.5) is 14.5 Å². The quantitative estimate of drug-likeness (QED) is 0.148. The summed E-state index contributed by atoms with van der Waals surface area (Å²) in [7, 11) is 0. The van der Waals surface area contributed by atoms with Gasteiger partial charge in [0, 0.05) is 29.9 Å². The molecule has 16 heteroatoms. The van der Waals surface area contributed by atoms with Gasteiger partial charge in [-0.25, -0.2) is 19.0 Å². The van der Waals surface area contributed by atoms with E-state index < -0.39 is 41.4 Å². The molecule has 2 saturated carbocycles. The molecule has 0 saturated heterocycles. The second-order valence-electron chi connectivity index (χ2n) is 11.9. The Labute approximate surface area is 278 Å². The van der Waals surface area contributed by atoms with Crippen molar-refractivity contribution >= 4 is 34.9 Å². The minimum Gasteiger partial charge on any atom is -0.481 e. The minimum absolute atomic E-state index is 0.00135. The number of hydrogen-bond acceptors (Lipinski definition) is 10. The number of hydrogen-bond donors (Lipinski definition) is 2. The number of carboxylic acids is 1. The molecule has 254 valence electrons. The number of carboxylic acid groups (broad SMARTS) is 1. The molecule has 0 aromatic carbocycles. The van der Waals surface area contributed by atoms with Crippen LogP contribution in [0, 0.1) is 23.6 Å². The number of nitrogens with one attached hydrogen (secondary N) is 1. The Kier molecular flexibility index (Phi) is 10.2.